The van der Waals surface area contributed by atoms with Crippen molar-refractivity contribution in [2.45, 2.75) is 33.1 Å². The monoisotopic (exact) mass is 355 g/mol. The first-order valence-corrected chi connectivity index (χ1v) is 9.89. The summed E-state index contributed by atoms with van der Waals surface area (Å²) in [6.45, 7) is 13.2. The third-order valence-corrected chi connectivity index (χ3v) is 4.79. The molecule has 1 fully saturated rings. The maximum Gasteiger partial charge on any atom is 0.191 e. The average Bonchev–Trinajstić information content (AvgIpc) is 2.56. The van der Waals surface area contributed by atoms with Crippen molar-refractivity contribution >= 4 is 5.96 Å². The summed E-state index contributed by atoms with van der Waals surface area (Å²) in [6, 6.07) is 0. The number of hydrogen-bond acceptors (Lipinski definition) is 4. The molecule has 148 valence electrons. The summed E-state index contributed by atoms with van der Waals surface area (Å²) in [4.78, 5) is 9.25. The number of aliphatic imine (C=N–C) groups is 1. The Labute approximate surface area is 155 Å². The zero-order valence-corrected chi connectivity index (χ0v) is 17.2. The van der Waals surface area contributed by atoms with E-state index >= 15 is 0 Å². The number of nitrogens with one attached hydrogen (secondary N) is 2. The minimum atomic E-state index is 0.829. The molecule has 0 aromatic heterocycles. The van der Waals surface area contributed by atoms with Gasteiger partial charge in [0.15, 0.2) is 5.96 Å². The van der Waals surface area contributed by atoms with Gasteiger partial charge in [0.2, 0.25) is 0 Å². The van der Waals surface area contributed by atoms with Crippen molar-refractivity contribution in [3.8, 4) is 0 Å². The third-order valence-electron chi connectivity index (χ3n) is 4.79. The summed E-state index contributed by atoms with van der Waals surface area (Å²) in [6.07, 6.45) is 3.62. The number of nitrogens with zero attached hydrogens (tertiary/aromatic N) is 3. The highest BCUT2D eigenvalue weighted by Crippen LogP contribution is 2.20. The second-order valence-electron chi connectivity index (χ2n) is 7.63. The van der Waals surface area contributed by atoms with Crippen LogP contribution in [0.2, 0.25) is 0 Å². The molecule has 1 saturated heterocycles. The lowest BCUT2D eigenvalue weighted by molar-refractivity contribution is 0.140. The Morgan fingerprint density at radius 3 is 2.44 bits per heavy atom. The molecule has 1 aliphatic heterocycles. The lowest BCUT2D eigenvalue weighted by atomic mass is 9.92. The first-order valence-electron chi connectivity index (χ1n) is 9.89. The van der Waals surface area contributed by atoms with Crippen molar-refractivity contribution in [1.29, 1.82) is 0 Å². The zero-order valence-electron chi connectivity index (χ0n) is 17.2. The van der Waals surface area contributed by atoms with Gasteiger partial charge in [0.1, 0.15) is 0 Å². The SMILES string of the molecule is CN=C(NCCCN1CC(C)CC(C)C1)NCCN(C)CCCOC. The maximum atomic E-state index is 5.09. The number of likely N-dealkylation sites (tertiary alicyclic amines) is 1. The van der Waals surface area contributed by atoms with Gasteiger partial charge in [-0.2, -0.15) is 0 Å². The quantitative estimate of drug-likeness (QED) is 0.334. The molecule has 0 aliphatic carbocycles. The van der Waals surface area contributed by atoms with Crippen LogP contribution in [0.25, 0.3) is 0 Å². The summed E-state index contributed by atoms with van der Waals surface area (Å²) in [5, 5.41) is 6.83. The van der Waals surface area contributed by atoms with Crippen molar-refractivity contribution in [3.05, 3.63) is 0 Å². The van der Waals surface area contributed by atoms with E-state index in [2.05, 4.69) is 46.3 Å². The molecule has 0 amide bonds. The van der Waals surface area contributed by atoms with Gasteiger partial charge in [0.25, 0.3) is 0 Å². The molecule has 1 rings (SSSR count). The van der Waals surface area contributed by atoms with Crippen LogP contribution in [0.1, 0.15) is 33.1 Å². The lowest BCUT2D eigenvalue weighted by Gasteiger charge is -2.35. The fourth-order valence-electron chi connectivity index (χ4n) is 3.66. The molecule has 2 N–H and O–H groups in total. The Morgan fingerprint density at radius 2 is 1.80 bits per heavy atom. The molecule has 0 saturated carbocycles. The molecular formula is C19H41N5O. The average molecular weight is 356 g/mol. The number of likely N-dealkylation sites (N-methyl/N-ethyl adjacent to an activating group) is 1. The first-order chi connectivity index (χ1) is 12.0. The Kier molecular flexibility index (Phi) is 11.9. The Hall–Kier alpha value is -0.850. The van der Waals surface area contributed by atoms with E-state index in [0.717, 1.165) is 63.4 Å². The molecule has 1 aliphatic rings. The summed E-state index contributed by atoms with van der Waals surface area (Å²) >= 11 is 0. The van der Waals surface area contributed by atoms with Crippen LogP contribution in [0.3, 0.4) is 0 Å². The van der Waals surface area contributed by atoms with Crippen LogP contribution < -0.4 is 10.6 Å². The molecular weight excluding hydrogens is 314 g/mol. The minimum Gasteiger partial charge on any atom is -0.385 e. The number of guanidine groups is 1. The normalized spacial score (nSPS) is 22.4. The van der Waals surface area contributed by atoms with E-state index in [4.69, 9.17) is 4.74 Å². The van der Waals surface area contributed by atoms with Crippen molar-refractivity contribution < 1.29 is 4.74 Å². The van der Waals surface area contributed by atoms with Crippen LogP contribution >= 0.6 is 0 Å². The molecule has 0 radical (unpaired) electrons. The second kappa shape index (κ2) is 13.4. The molecule has 2 unspecified atom stereocenters. The Bertz CT molecular complexity index is 354. The Morgan fingerprint density at radius 1 is 1.12 bits per heavy atom. The fourth-order valence-corrected chi connectivity index (χ4v) is 3.66. The van der Waals surface area contributed by atoms with Gasteiger partial charge in [-0.15, -0.1) is 0 Å². The molecule has 6 heteroatoms. The zero-order chi connectivity index (χ0) is 18.5. The first kappa shape index (κ1) is 22.2. The molecule has 0 aromatic carbocycles. The van der Waals surface area contributed by atoms with E-state index in [1.54, 1.807) is 7.11 Å². The van der Waals surface area contributed by atoms with E-state index in [1.165, 1.54) is 26.1 Å². The molecule has 1 heterocycles. The number of piperidine rings is 1. The van der Waals surface area contributed by atoms with E-state index in [1.807, 2.05) is 7.05 Å². The number of methoxy groups -OCH3 is 1. The number of rotatable bonds is 11. The smallest absolute Gasteiger partial charge is 0.191 e. The van der Waals surface area contributed by atoms with Gasteiger partial charge >= 0.3 is 0 Å². The van der Waals surface area contributed by atoms with E-state index in [-0.39, 0.29) is 0 Å². The molecule has 0 bridgehead atoms. The minimum absolute atomic E-state index is 0.829. The van der Waals surface area contributed by atoms with Gasteiger partial charge in [0.05, 0.1) is 0 Å². The van der Waals surface area contributed by atoms with Crippen molar-refractivity contribution in [2.24, 2.45) is 16.8 Å². The summed E-state index contributed by atoms with van der Waals surface area (Å²) in [5.74, 6) is 2.59. The van der Waals surface area contributed by atoms with E-state index in [9.17, 15) is 0 Å². The highest BCUT2D eigenvalue weighted by Gasteiger charge is 2.20. The summed E-state index contributed by atoms with van der Waals surface area (Å²) in [7, 11) is 5.74. The highest BCUT2D eigenvalue weighted by molar-refractivity contribution is 5.79. The van der Waals surface area contributed by atoms with E-state index < -0.39 is 0 Å². The molecule has 0 spiro atoms. The van der Waals surface area contributed by atoms with Gasteiger partial charge in [-0.1, -0.05) is 13.8 Å². The maximum absolute atomic E-state index is 5.09. The lowest BCUT2D eigenvalue weighted by Crippen LogP contribution is -2.43. The predicted molar refractivity (Wildman–Crippen MR) is 107 cm³/mol. The van der Waals surface area contributed by atoms with Crippen LogP contribution in [0.4, 0.5) is 0 Å². The van der Waals surface area contributed by atoms with Crippen LogP contribution in [-0.4, -0.2) is 89.4 Å². The van der Waals surface area contributed by atoms with Gasteiger partial charge in [-0.25, -0.2) is 0 Å². The van der Waals surface area contributed by atoms with Gasteiger partial charge in [-0.3, -0.25) is 4.99 Å². The van der Waals surface area contributed by atoms with Crippen molar-refractivity contribution in [1.82, 2.24) is 20.4 Å². The van der Waals surface area contributed by atoms with Gasteiger partial charge in [-0.05, 0) is 44.7 Å². The summed E-state index contributed by atoms with van der Waals surface area (Å²) in [5.41, 5.74) is 0. The van der Waals surface area contributed by atoms with Crippen LogP contribution in [0.15, 0.2) is 4.99 Å². The Balaban J connectivity index is 2.08. The van der Waals surface area contributed by atoms with E-state index in [0.29, 0.717) is 0 Å². The van der Waals surface area contributed by atoms with Crippen LogP contribution in [0.5, 0.6) is 0 Å². The molecule has 2 atom stereocenters. The highest BCUT2D eigenvalue weighted by atomic mass is 16.5. The van der Waals surface area contributed by atoms with Gasteiger partial charge in [0, 0.05) is 60.0 Å². The summed E-state index contributed by atoms with van der Waals surface area (Å²) < 4.78 is 5.09. The standard InChI is InChI=1S/C19H41N5O/c1-17-14-18(2)16-24(15-17)11-6-8-21-19(20-3)22-9-12-23(4)10-7-13-25-5/h17-18H,6-16H2,1-5H3,(H2,20,21,22). The van der Waals surface area contributed by atoms with Crippen molar-refractivity contribution in [3.63, 3.8) is 0 Å². The van der Waals surface area contributed by atoms with Crippen LogP contribution in [0, 0.1) is 11.8 Å². The topological polar surface area (TPSA) is 52.1 Å². The van der Waals surface area contributed by atoms with Crippen LogP contribution in [-0.2, 0) is 4.74 Å². The predicted octanol–water partition coefficient (Wildman–Crippen LogP) is 1.49. The largest absolute Gasteiger partial charge is 0.385 e. The fraction of sp³-hybridized carbons (Fsp3) is 0.947. The molecule has 6 nitrogen and oxygen atoms in total. The molecule has 0 aromatic rings. The second-order valence-corrected chi connectivity index (χ2v) is 7.63. The number of ether oxygens (including phenoxy) is 1. The molecule has 25 heavy (non-hydrogen) atoms. The third kappa shape index (κ3) is 10.7. The van der Waals surface area contributed by atoms with Gasteiger partial charge < -0.3 is 25.2 Å². The van der Waals surface area contributed by atoms with Crippen molar-refractivity contribution in [2.75, 3.05) is 73.6 Å². The number of hydrogen-bond donors (Lipinski definition) is 2.